The maximum atomic E-state index is 14.8. The molecule has 0 aromatic heterocycles. The van der Waals surface area contributed by atoms with Gasteiger partial charge in [-0.2, -0.15) is 0 Å². The average Bonchev–Trinajstić information content (AvgIpc) is 2.91. The van der Waals surface area contributed by atoms with Crippen LogP contribution in [0.5, 0.6) is 11.5 Å². The number of rotatable bonds is 6. The van der Waals surface area contributed by atoms with Crippen LogP contribution < -0.4 is 0 Å². The Morgan fingerprint density at radius 1 is 0.795 bits per heavy atom. The molecule has 2 heterocycles. The van der Waals surface area contributed by atoms with E-state index in [-0.39, 0.29) is 59.1 Å². The predicted molar refractivity (Wildman–Crippen MR) is 143 cm³/mol. The van der Waals surface area contributed by atoms with Crippen molar-refractivity contribution >= 4 is 17.5 Å². The summed E-state index contributed by atoms with van der Waals surface area (Å²) >= 11 is 0. The third kappa shape index (κ3) is 5.16. The Bertz CT molecular complexity index is 1370. The van der Waals surface area contributed by atoms with E-state index in [0.29, 0.717) is 24.2 Å². The van der Waals surface area contributed by atoms with Gasteiger partial charge in [-0.3, -0.25) is 14.4 Å². The first-order chi connectivity index (χ1) is 18.6. The number of halogens is 1. The molecule has 2 N–H and O–H groups in total. The number of amides is 1. The maximum absolute atomic E-state index is 14.8. The number of piperidine rings is 1. The number of carbonyl (C=O) groups is 3. The van der Waals surface area contributed by atoms with Crippen LogP contribution in [0.2, 0.25) is 0 Å². The third-order valence-corrected chi connectivity index (χ3v) is 8.03. The van der Waals surface area contributed by atoms with E-state index in [1.165, 1.54) is 30.3 Å². The lowest BCUT2D eigenvalue weighted by atomic mass is 9.67. The molecule has 2 aliphatic heterocycles. The number of phenols is 2. The van der Waals surface area contributed by atoms with Crippen LogP contribution in [0.1, 0.15) is 37.8 Å². The van der Waals surface area contributed by atoms with Crippen molar-refractivity contribution in [3.05, 3.63) is 94.8 Å². The van der Waals surface area contributed by atoms with Crippen LogP contribution in [-0.2, 0) is 4.79 Å². The molecule has 0 spiro atoms. The number of hydrogen-bond acceptors (Lipinski definition) is 6. The molecule has 3 aromatic carbocycles. The van der Waals surface area contributed by atoms with Crippen molar-refractivity contribution in [1.82, 2.24) is 9.80 Å². The monoisotopic (exact) mass is 530 g/mol. The number of carbonyl (C=O) groups excluding carboxylic acids is 3. The third-order valence-electron chi connectivity index (χ3n) is 8.03. The molecule has 5 rings (SSSR count). The Labute approximate surface area is 226 Å². The molecule has 0 radical (unpaired) electrons. The minimum Gasteiger partial charge on any atom is -0.508 e. The van der Waals surface area contributed by atoms with Crippen LogP contribution in [0.4, 0.5) is 4.39 Å². The van der Waals surface area contributed by atoms with Crippen molar-refractivity contribution in [2.45, 2.75) is 12.8 Å². The molecule has 2 fully saturated rings. The molecule has 202 valence electrons. The zero-order valence-electron chi connectivity index (χ0n) is 21.9. The summed E-state index contributed by atoms with van der Waals surface area (Å²) in [5.41, 5.74) is 1.37. The molecule has 2 aliphatic rings. The molecule has 7 nitrogen and oxygen atoms in total. The maximum Gasteiger partial charge on any atom is 0.228 e. The highest BCUT2D eigenvalue weighted by Crippen LogP contribution is 2.43. The standard InChI is InChI=1S/C31H31FN2O5/c1-18-24(10-5-11-27(18)32)28-25(29(37)19-6-3-8-22(35)12-19)16-34(31(39)21-14-33(2)15-21)17-26(28)30(38)20-7-4-9-23(36)13-20/h3-13,21,25-26,28,35-36H,14-17H2,1-2H3/t25-,26+,28?. The van der Waals surface area contributed by atoms with Crippen molar-refractivity contribution in [2.75, 3.05) is 33.2 Å². The fraction of sp³-hybridized carbons (Fsp3) is 0.323. The molecule has 3 aromatic rings. The lowest BCUT2D eigenvalue weighted by Crippen LogP contribution is -2.58. The Balaban J connectivity index is 1.64. The number of likely N-dealkylation sites (tertiary alicyclic amines) is 2. The summed E-state index contributed by atoms with van der Waals surface area (Å²) in [6.45, 7) is 2.95. The van der Waals surface area contributed by atoms with E-state index in [0.717, 1.165) is 0 Å². The number of ketones is 2. The first-order valence-electron chi connectivity index (χ1n) is 13.0. The van der Waals surface area contributed by atoms with Gasteiger partial charge in [0.25, 0.3) is 0 Å². The van der Waals surface area contributed by atoms with Gasteiger partial charge in [0.1, 0.15) is 17.3 Å². The van der Waals surface area contributed by atoms with Crippen LogP contribution in [0, 0.1) is 30.5 Å². The second-order valence-corrected chi connectivity index (χ2v) is 10.7. The first kappa shape index (κ1) is 26.6. The van der Waals surface area contributed by atoms with Crippen molar-refractivity contribution in [1.29, 1.82) is 0 Å². The molecule has 1 amide bonds. The van der Waals surface area contributed by atoms with E-state index >= 15 is 0 Å². The molecule has 0 saturated carbocycles. The molecule has 0 bridgehead atoms. The van der Waals surface area contributed by atoms with E-state index in [9.17, 15) is 29.0 Å². The molecule has 39 heavy (non-hydrogen) atoms. The lowest BCUT2D eigenvalue weighted by molar-refractivity contribution is -0.143. The molecule has 1 unspecified atom stereocenters. The quantitative estimate of drug-likeness (QED) is 0.467. The first-order valence-corrected chi connectivity index (χ1v) is 13.0. The second-order valence-electron chi connectivity index (χ2n) is 10.7. The van der Waals surface area contributed by atoms with E-state index in [1.807, 2.05) is 11.9 Å². The summed E-state index contributed by atoms with van der Waals surface area (Å²) in [4.78, 5) is 45.3. The average molecular weight is 531 g/mol. The molecule has 2 saturated heterocycles. The number of nitrogens with zero attached hydrogens (tertiary/aromatic N) is 2. The molecule has 0 aliphatic carbocycles. The zero-order chi connectivity index (χ0) is 27.8. The summed E-state index contributed by atoms with van der Waals surface area (Å²) in [5.74, 6) is -4.09. The van der Waals surface area contributed by atoms with Crippen LogP contribution in [-0.4, -0.2) is 70.7 Å². The van der Waals surface area contributed by atoms with Gasteiger partial charge in [-0.25, -0.2) is 4.39 Å². The minimum atomic E-state index is -0.867. The van der Waals surface area contributed by atoms with Gasteiger partial charge in [0.05, 0.1) is 5.92 Å². The summed E-state index contributed by atoms with van der Waals surface area (Å²) in [5, 5.41) is 20.1. The number of hydrogen-bond donors (Lipinski definition) is 2. The summed E-state index contributed by atoms with van der Waals surface area (Å²) in [6.07, 6.45) is 0. The number of phenolic OH excluding ortho intramolecular Hbond substituents is 2. The van der Waals surface area contributed by atoms with Crippen molar-refractivity contribution in [3.63, 3.8) is 0 Å². The Morgan fingerprint density at radius 2 is 1.31 bits per heavy atom. The topological polar surface area (TPSA) is 98.2 Å². The van der Waals surface area contributed by atoms with Gasteiger partial charge in [-0.05, 0) is 55.4 Å². The van der Waals surface area contributed by atoms with Crippen molar-refractivity contribution < 1.29 is 29.0 Å². The van der Waals surface area contributed by atoms with E-state index in [1.54, 1.807) is 48.2 Å². The largest absolute Gasteiger partial charge is 0.508 e. The number of Topliss-reactive ketones (excluding diaryl/α,β-unsaturated/α-hetero) is 2. The highest BCUT2D eigenvalue weighted by Gasteiger charge is 2.48. The molecular weight excluding hydrogens is 499 g/mol. The van der Waals surface area contributed by atoms with Gasteiger partial charge in [0.2, 0.25) is 5.91 Å². The normalized spacial score (nSPS) is 21.8. The molecular formula is C31H31FN2O5. The Morgan fingerprint density at radius 3 is 1.79 bits per heavy atom. The Kier molecular flexibility index (Phi) is 7.23. The fourth-order valence-electron chi connectivity index (χ4n) is 6.01. The highest BCUT2D eigenvalue weighted by atomic mass is 19.1. The lowest BCUT2D eigenvalue weighted by Gasteiger charge is -2.46. The zero-order valence-corrected chi connectivity index (χ0v) is 21.9. The van der Waals surface area contributed by atoms with Gasteiger partial charge in [0, 0.05) is 55.1 Å². The van der Waals surface area contributed by atoms with Crippen LogP contribution in [0.15, 0.2) is 66.7 Å². The fourth-order valence-corrected chi connectivity index (χ4v) is 6.01. The number of benzene rings is 3. The van der Waals surface area contributed by atoms with Gasteiger partial charge in [-0.1, -0.05) is 36.4 Å². The highest BCUT2D eigenvalue weighted by molar-refractivity contribution is 6.03. The molecule has 3 atom stereocenters. The SMILES string of the molecule is Cc1c(F)cccc1C1[C@@H](C(=O)c2cccc(O)c2)CN(C(=O)C2CN(C)C2)C[C@H]1C(=O)c1cccc(O)c1. The second kappa shape index (κ2) is 10.6. The Hall–Kier alpha value is -4.04. The van der Waals surface area contributed by atoms with Gasteiger partial charge in [-0.15, -0.1) is 0 Å². The van der Waals surface area contributed by atoms with E-state index in [4.69, 9.17) is 0 Å². The van der Waals surface area contributed by atoms with Crippen LogP contribution >= 0.6 is 0 Å². The van der Waals surface area contributed by atoms with E-state index < -0.39 is 23.6 Å². The predicted octanol–water partition coefficient (Wildman–Crippen LogP) is 4.03. The van der Waals surface area contributed by atoms with Gasteiger partial charge >= 0.3 is 0 Å². The summed E-state index contributed by atoms with van der Waals surface area (Å²) in [6, 6.07) is 16.6. The summed E-state index contributed by atoms with van der Waals surface area (Å²) in [7, 11) is 1.92. The van der Waals surface area contributed by atoms with Crippen LogP contribution in [0.3, 0.4) is 0 Å². The van der Waals surface area contributed by atoms with Crippen LogP contribution in [0.25, 0.3) is 0 Å². The smallest absolute Gasteiger partial charge is 0.228 e. The van der Waals surface area contributed by atoms with Crippen molar-refractivity contribution in [2.24, 2.45) is 17.8 Å². The van der Waals surface area contributed by atoms with Gasteiger partial charge < -0.3 is 20.0 Å². The minimum absolute atomic E-state index is 0.0674. The van der Waals surface area contributed by atoms with Gasteiger partial charge in [0.15, 0.2) is 11.6 Å². The summed E-state index contributed by atoms with van der Waals surface area (Å²) < 4.78 is 14.8. The number of aromatic hydroxyl groups is 2. The van der Waals surface area contributed by atoms with Crippen molar-refractivity contribution in [3.8, 4) is 11.5 Å². The van der Waals surface area contributed by atoms with E-state index in [2.05, 4.69) is 0 Å². The molecule has 8 heteroatoms.